The van der Waals surface area contributed by atoms with Gasteiger partial charge in [-0.1, -0.05) is 33.8 Å². The zero-order valence-electron chi connectivity index (χ0n) is 21.1. The zero-order valence-corrected chi connectivity index (χ0v) is 21.1. The third kappa shape index (κ3) is 6.97. The molecule has 0 aliphatic heterocycles. The summed E-state index contributed by atoms with van der Waals surface area (Å²) < 4.78 is 13.0. The van der Waals surface area contributed by atoms with E-state index in [0.29, 0.717) is 24.0 Å². The zero-order chi connectivity index (χ0) is 24.7. The smallest absolute Gasteiger partial charge is 0.272 e. The summed E-state index contributed by atoms with van der Waals surface area (Å²) in [5.74, 6) is 1.26. The molecule has 2 amide bonds. The minimum atomic E-state index is -0.316. The second kappa shape index (κ2) is 11.7. The Hall–Kier alpha value is -3.03. The third-order valence-corrected chi connectivity index (χ3v) is 5.21. The van der Waals surface area contributed by atoms with Gasteiger partial charge in [0.1, 0.15) is 11.5 Å². The highest BCUT2D eigenvalue weighted by Crippen LogP contribution is 2.38. The van der Waals surface area contributed by atoms with Crippen molar-refractivity contribution in [2.24, 2.45) is 11.8 Å². The first-order valence-electron chi connectivity index (χ1n) is 11.5. The van der Waals surface area contributed by atoms with E-state index in [1.807, 2.05) is 50.6 Å². The lowest BCUT2D eigenvalue weighted by Crippen LogP contribution is -2.43. The lowest BCUT2D eigenvalue weighted by atomic mass is 10.00. The molecule has 33 heavy (non-hydrogen) atoms. The largest absolute Gasteiger partial charge is 0.496 e. The molecule has 182 valence electrons. The molecule has 1 heterocycles. The molecule has 8 heteroatoms. The van der Waals surface area contributed by atoms with Gasteiger partial charge in [-0.3, -0.25) is 14.3 Å². The number of hydrogen-bond donors (Lipinski definition) is 2. The molecule has 1 unspecified atom stereocenters. The van der Waals surface area contributed by atoms with Crippen molar-refractivity contribution in [2.45, 2.75) is 66.6 Å². The number of nitrogens with zero attached hydrogens (tertiary/aromatic N) is 2. The lowest BCUT2D eigenvalue weighted by molar-refractivity contribution is -0.122. The van der Waals surface area contributed by atoms with E-state index in [4.69, 9.17) is 9.47 Å². The van der Waals surface area contributed by atoms with Crippen LogP contribution in [0.1, 0.15) is 58.5 Å². The molecular weight excluding hydrogens is 420 g/mol. The second-order valence-electron chi connectivity index (χ2n) is 9.28. The Labute approximate surface area is 197 Å². The minimum Gasteiger partial charge on any atom is -0.496 e. The van der Waals surface area contributed by atoms with E-state index < -0.39 is 0 Å². The van der Waals surface area contributed by atoms with Crippen LogP contribution < -0.4 is 20.1 Å². The number of nitrogens with one attached hydrogen (secondary N) is 2. The summed E-state index contributed by atoms with van der Waals surface area (Å²) in [7, 11) is 3.20. The number of aromatic nitrogens is 2. The maximum atomic E-state index is 13.2. The molecule has 0 saturated heterocycles. The molecule has 0 bridgehead atoms. The molecule has 0 fully saturated rings. The molecule has 2 rings (SSSR count). The van der Waals surface area contributed by atoms with E-state index in [1.165, 1.54) is 0 Å². The van der Waals surface area contributed by atoms with Gasteiger partial charge in [0.15, 0.2) is 5.69 Å². The van der Waals surface area contributed by atoms with Crippen molar-refractivity contribution in [1.29, 1.82) is 0 Å². The Bertz CT molecular complexity index is 928. The van der Waals surface area contributed by atoms with Crippen molar-refractivity contribution in [3.05, 3.63) is 30.0 Å². The maximum Gasteiger partial charge on any atom is 0.272 e. The molecule has 0 radical (unpaired) electrons. The Morgan fingerprint density at radius 3 is 2.09 bits per heavy atom. The fourth-order valence-corrected chi connectivity index (χ4v) is 3.59. The molecule has 2 aromatic rings. The number of methoxy groups -OCH3 is 2. The molecule has 2 N–H and O–H groups in total. The van der Waals surface area contributed by atoms with Crippen LogP contribution in [0.2, 0.25) is 0 Å². The summed E-state index contributed by atoms with van der Waals surface area (Å²) in [6, 6.07) is 7.05. The maximum absolute atomic E-state index is 13.2. The van der Waals surface area contributed by atoms with Crippen LogP contribution in [-0.4, -0.2) is 47.9 Å². The fourth-order valence-electron chi connectivity index (χ4n) is 3.59. The molecule has 0 aliphatic rings. The van der Waals surface area contributed by atoms with Crippen LogP contribution in [0.25, 0.3) is 11.3 Å². The number of amides is 2. The van der Waals surface area contributed by atoms with Gasteiger partial charge in [-0.2, -0.15) is 5.10 Å². The third-order valence-electron chi connectivity index (χ3n) is 5.21. The summed E-state index contributed by atoms with van der Waals surface area (Å²) in [6.07, 6.45) is 0.210. The van der Waals surface area contributed by atoms with E-state index in [2.05, 4.69) is 29.6 Å². The topological polar surface area (TPSA) is 94.5 Å². The van der Waals surface area contributed by atoms with E-state index in [9.17, 15) is 9.59 Å². The first kappa shape index (κ1) is 26.2. The van der Waals surface area contributed by atoms with Crippen molar-refractivity contribution in [1.82, 2.24) is 20.4 Å². The van der Waals surface area contributed by atoms with Gasteiger partial charge < -0.3 is 20.1 Å². The fraction of sp³-hybridized carbons (Fsp3) is 0.560. The van der Waals surface area contributed by atoms with Gasteiger partial charge in [0.05, 0.1) is 25.5 Å². The van der Waals surface area contributed by atoms with Gasteiger partial charge in [-0.05, 0) is 43.9 Å². The van der Waals surface area contributed by atoms with Crippen LogP contribution in [0.4, 0.5) is 0 Å². The number of hydrogen-bond acceptors (Lipinski definition) is 5. The van der Waals surface area contributed by atoms with Crippen molar-refractivity contribution in [3.63, 3.8) is 0 Å². The summed E-state index contributed by atoms with van der Waals surface area (Å²) >= 11 is 0. The van der Waals surface area contributed by atoms with Crippen molar-refractivity contribution >= 4 is 11.8 Å². The van der Waals surface area contributed by atoms with Crippen molar-refractivity contribution < 1.29 is 19.1 Å². The summed E-state index contributed by atoms with van der Waals surface area (Å²) in [6.45, 7) is 12.6. The first-order valence-corrected chi connectivity index (χ1v) is 11.5. The van der Waals surface area contributed by atoms with Gasteiger partial charge in [0.2, 0.25) is 5.91 Å². The van der Waals surface area contributed by atoms with Gasteiger partial charge in [-0.25, -0.2) is 0 Å². The SMILES string of the molecule is COc1cccc(OC)c1-c1cc(C(=O)NC(CC(=O)NC(C)C)C(C)C)nn1CC(C)C. The van der Waals surface area contributed by atoms with E-state index in [-0.39, 0.29) is 41.9 Å². The summed E-state index contributed by atoms with van der Waals surface area (Å²) in [5.41, 5.74) is 1.77. The van der Waals surface area contributed by atoms with E-state index in [1.54, 1.807) is 20.3 Å². The number of carbonyl (C=O) groups is 2. The van der Waals surface area contributed by atoms with Gasteiger partial charge in [-0.15, -0.1) is 0 Å². The normalized spacial score (nSPS) is 12.2. The second-order valence-corrected chi connectivity index (χ2v) is 9.28. The number of ether oxygens (including phenoxy) is 2. The highest BCUT2D eigenvalue weighted by atomic mass is 16.5. The van der Waals surface area contributed by atoms with Crippen molar-refractivity contribution in [2.75, 3.05) is 14.2 Å². The monoisotopic (exact) mass is 458 g/mol. The van der Waals surface area contributed by atoms with Gasteiger partial charge >= 0.3 is 0 Å². The Kier molecular flexibility index (Phi) is 9.32. The number of benzene rings is 1. The number of rotatable bonds is 11. The number of carbonyl (C=O) groups excluding carboxylic acids is 2. The van der Waals surface area contributed by atoms with Crippen LogP contribution in [0.5, 0.6) is 11.5 Å². The van der Waals surface area contributed by atoms with Crippen LogP contribution in [0.15, 0.2) is 24.3 Å². The van der Waals surface area contributed by atoms with Crippen LogP contribution in [0.3, 0.4) is 0 Å². The molecule has 1 atom stereocenters. The highest BCUT2D eigenvalue weighted by molar-refractivity contribution is 5.94. The average Bonchev–Trinajstić information content (AvgIpc) is 3.14. The average molecular weight is 459 g/mol. The molecular formula is C25H38N4O4. The van der Waals surface area contributed by atoms with E-state index >= 15 is 0 Å². The van der Waals surface area contributed by atoms with Crippen LogP contribution >= 0.6 is 0 Å². The molecule has 0 spiro atoms. The quantitative estimate of drug-likeness (QED) is 0.533. The predicted molar refractivity (Wildman–Crippen MR) is 130 cm³/mol. The summed E-state index contributed by atoms with van der Waals surface area (Å²) in [5, 5.41) is 10.5. The van der Waals surface area contributed by atoms with Gasteiger partial charge in [0.25, 0.3) is 5.91 Å². The van der Waals surface area contributed by atoms with Crippen LogP contribution in [0, 0.1) is 11.8 Å². The Morgan fingerprint density at radius 1 is 1.00 bits per heavy atom. The van der Waals surface area contributed by atoms with Gasteiger partial charge in [0, 0.05) is 25.0 Å². The lowest BCUT2D eigenvalue weighted by Gasteiger charge is -2.22. The standard InChI is InChI=1S/C25H38N4O4/c1-15(2)14-29-20(24-21(32-7)10-9-11-22(24)33-8)12-19(28-29)25(31)27-18(16(3)4)13-23(30)26-17(5)6/h9-12,15-18H,13-14H2,1-8H3,(H,26,30)(H,27,31). The highest BCUT2D eigenvalue weighted by Gasteiger charge is 2.25. The Morgan fingerprint density at radius 2 is 1.61 bits per heavy atom. The minimum absolute atomic E-state index is 0.0473. The molecule has 8 nitrogen and oxygen atoms in total. The molecule has 0 aliphatic carbocycles. The predicted octanol–water partition coefficient (Wildman–Crippen LogP) is 3.89. The molecule has 1 aromatic heterocycles. The molecule has 1 aromatic carbocycles. The molecule has 0 saturated carbocycles. The Balaban J connectivity index is 2.41. The van der Waals surface area contributed by atoms with E-state index in [0.717, 1.165) is 11.3 Å². The first-order chi connectivity index (χ1) is 15.6. The summed E-state index contributed by atoms with van der Waals surface area (Å²) in [4.78, 5) is 25.5. The van der Waals surface area contributed by atoms with Crippen molar-refractivity contribution in [3.8, 4) is 22.8 Å². The van der Waals surface area contributed by atoms with Crippen LogP contribution in [-0.2, 0) is 11.3 Å².